The van der Waals surface area contributed by atoms with E-state index in [1.807, 2.05) is 0 Å². The summed E-state index contributed by atoms with van der Waals surface area (Å²) < 4.78 is 7.70. The van der Waals surface area contributed by atoms with Gasteiger partial charge in [-0.15, -0.1) is 0 Å². The van der Waals surface area contributed by atoms with Crippen LogP contribution in [0, 0.1) is 0 Å². The van der Waals surface area contributed by atoms with Crippen LogP contribution in [-0.2, 0) is 13.1 Å². The second-order valence-corrected chi connectivity index (χ2v) is 8.50. The van der Waals surface area contributed by atoms with Crippen molar-refractivity contribution in [3.8, 4) is 10.9 Å². The molecule has 0 radical (unpaired) electrons. The van der Waals surface area contributed by atoms with E-state index in [1.165, 1.54) is 15.9 Å². The van der Waals surface area contributed by atoms with E-state index >= 15 is 0 Å². The van der Waals surface area contributed by atoms with Crippen LogP contribution < -0.4 is 21.4 Å². The number of anilines is 2. The van der Waals surface area contributed by atoms with Gasteiger partial charge in [0.25, 0.3) is 5.19 Å². The summed E-state index contributed by atoms with van der Waals surface area (Å²) in [5.41, 5.74) is -0.225. The summed E-state index contributed by atoms with van der Waals surface area (Å²) in [6.07, 6.45) is 0.365. The maximum Gasteiger partial charge on any atom is 0.355 e. The molecule has 176 valence electrons. The van der Waals surface area contributed by atoms with Crippen molar-refractivity contribution in [2.75, 3.05) is 11.9 Å². The SMILES string of the molecule is O=c1nc(Nc2ccc(Oc3nccs3)cc2)n(Cc2ccc(Cl)cc2)c(=O)n1C[C@H](O)CO. The Morgan fingerprint density at radius 3 is 2.47 bits per heavy atom. The summed E-state index contributed by atoms with van der Waals surface area (Å²) >= 11 is 7.32. The summed E-state index contributed by atoms with van der Waals surface area (Å²) in [5, 5.41) is 24.7. The molecule has 2 aromatic heterocycles. The molecule has 4 aromatic rings. The Morgan fingerprint density at radius 1 is 1.09 bits per heavy atom. The molecular weight excluding hydrogens is 482 g/mol. The Hall–Kier alpha value is -3.51. The molecule has 0 spiro atoms. The number of hydrogen-bond donors (Lipinski definition) is 3. The number of halogens is 1. The third-order valence-electron chi connectivity index (χ3n) is 4.73. The fraction of sp³-hybridized carbons (Fsp3) is 0.182. The highest BCUT2D eigenvalue weighted by molar-refractivity contribution is 7.11. The van der Waals surface area contributed by atoms with Crippen molar-refractivity contribution in [2.45, 2.75) is 19.2 Å². The topological polar surface area (TPSA) is 132 Å². The van der Waals surface area contributed by atoms with E-state index in [0.717, 1.165) is 10.1 Å². The van der Waals surface area contributed by atoms with E-state index in [-0.39, 0.29) is 19.0 Å². The number of thiazole rings is 1. The van der Waals surface area contributed by atoms with Gasteiger partial charge >= 0.3 is 11.4 Å². The minimum atomic E-state index is -1.28. The molecule has 1 atom stereocenters. The van der Waals surface area contributed by atoms with Gasteiger partial charge in [-0.1, -0.05) is 35.1 Å². The van der Waals surface area contributed by atoms with Gasteiger partial charge < -0.3 is 20.3 Å². The summed E-state index contributed by atoms with van der Waals surface area (Å²) in [4.78, 5) is 33.8. The molecule has 0 saturated carbocycles. The van der Waals surface area contributed by atoms with E-state index < -0.39 is 24.1 Å². The minimum absolute atomic E-state index is 0.0216. The van der Waals surface area contributed by atoms with Crippen molar-refractivity contribution in [1.29, 1.82) is 0 Å². The Morgan fingerprint density at radius 2 is 1.82 bits per heavy atom. The maximum absolute atomic E-state index is 13.2. The average Bonchev–Trinajstić information content (AvgIpc) is 3.34. The predicted octanol–water partition coefficient (Wildman–Crippen LogP) is 2.45. The van der Waals surface area contributed by atoms with Crippen molar-refractivity contribution in [2.24, 2.45) is 0 Å². The molecule has 0 saturated heterocycles. The van der Waals surface area contributed by atoms with Crippen LogP contribution in [0.25, 0.3) is 0 Å². The van der Waals surface area contributed by atoms with E-state index in [9.17, 15) is 14.7 Å². The van der Waals surface area contributed by atoms with Crippen molar-refractivity contribution >= 4 is 34.6 Å². The van der Waals surface area contributed by atoms with Crippen LogP contribution in [0.5, 0.6) is 10.9 Å². The molecule has 10 nitrogen and oxygen atoms in total. The summed E-state index contributed by atoms with van der Waals surface area (Å²) in [5.74, 6) is 0.591. The van der Waals surface area contributed by atoms with Crippen molar-refractivity contribution in [3.63, 3.8) is 0 Å². The number of aliphatic hydroxyl groups is 2. The number of aromatic nitrogens is 4. The quantitative estimate of drug-likeness (QED) is 0.319. The minimum Gasteiger partial charge on any atom is -0.431 e. The number of benzene rings is 2. The highest BCUT2D eigenvalue weighted by atomic mass is 35.5. The Kier molecular flexibility index (Phi) is 7.38. The Bertz CT molecular complexity index is 1350. The smallest absolute Gasteiger partial charge is 0.355 e. The van der Waals surface area contributed by atoms with Gasteiger partial charge in [-0.25, -0.2) is 19.1 Å². The lowest BCUT2D eigenvalue weighted by Crippen LogP contribution is -2.45. The lowest BCUT2D eigenvalue weighted by molar-refractivity contribution is 0.0785. The average molecular weight is 502 g/mol. The number of rotatable bonds is 9. The third kappa shape index (κ3) is 5.69. The molecule has 0 aliphatic carbocycles. The predicted molar refractivity (Wildman–Crippen MR) is 128 cm³/mol. The van der Waals surface area contributed by atoms with Gasteiger partial charge in [0.05, 0.1) is 25.8 Å². The molecule has 2 heterocycles. The first-order chi connectivity index (χ1) is 16.4. The van der Waals surface area contributed by atoms with Crippen molar-refractivity contribution in [3.05, 3.63) is 91.7 Å². The normalized spacial score (nSPS) is 11.9. The molecule has 4 rings (SSSR count). The lowest BCUT2D eigenvalue weighted by atomic mass is 10.2. The molecule has 0 fully saturated rings. The first-order valence-corrected chi connectivity index (χ1v) is 11.4. The third-order valence-corrected chi connectivity index (χ3v) is 5.63. The van der Waals surface area contributed by atoms with E-state index in [0.29, 0.717) is 21.7 Å². The molecule has 3 N–H and O–H groups in total. The standard InChI is InChI=1S/C22H20ClN5O5S/c23-15-3-1-14(2-4-15)11-27-19(26-20(31)28(22(27)32)12-17(30)13-29)25-16-5-7-18(8-6-16)33-21-24-9-10-34-21/h1-10,17,29-30H,11-13H2,(H,25,26,31)/t17-/m0/s1. The number of aliphatic hydroxyl groups excluding tert-OH is 2. The maximum atomic E-state index is 13.2. The van der Waals surface area contributed by atoms with Crippen molar-refractivity contribution in [1.82, 2.24) is 19.1 Å². The van der Waals surface area contributed by atoms with Crippen LogP contribution in [0.3, 0.4) is 0 Å². The molecule has 34 heavy (non-hydrogen) atoms. The molecule has 12 heteroatoms. The first kappa shape index (κ1) is 23.6. The van der Waals surface area contributed by atoms with Crippen LogP contribution in [0.4, 0.5) is 11.6 Å². The fourth-order valence-corrected chi connectivity index (χ4v) is 3.69. The summed E-state index contributed by atoms with van der Waals surface area (Å²) in [6.45, 7) is -0.893. The van der Waals surface area contributed by atoms with Gasteiger partial charge in [-0.3, -0.25) is 4.57 Å². The molecule has 0 bridgehead atoms. The molecule has 0 aliphatic rings. The van der Waals surface area contributed by atoms with Crippen LogP contribution in [0.2, 0.25) is 5.02 Å². The fourth-order valence-electron chi connectivity index (χ4n) is 3.06. The van der Waals surface area contributed by atoms with Gasteiger partial charge in [-0.05, 0) is 42.0 Å². The van der Waals surface area contributed by atoms with Gasteiger partial charge in [0.2, 0.25) is 5.95 Å². The largest absolute Gasteiger partial charge is 0.431 e. The van der Waals surface area contributed by atoms with Crippen LogP contribution in [0.15, 0.2) is 69.7 Å². The second kappa shape index (κ2) is 10.6. The lowest BCUT2D eigenvalue weighted by Gasteiger charge is -2.17. The Balaban J connectivity index is 1.66. The van der Waals surface area contributed by atoms with Crippen LogP contribution in [0.1, 0.15) is 5.56 Å². The van der Waals surface area contributed by atoms with Gasteiger partial charge in [0, 0.05) is 22.3 Å². The Labute approximate surface area is 202 Å². The number of nitrogens with one attached hydrogen (secondary N) is 1. The van der Waals surface area contributed by atoms with E-state index in [1.54, 1.807) is 60.1 Å². The van der Waals surface area contributed by atoms with Gasteiger partial charge in [0.1, 0.15) is 5.75 Å². The molecule has 0 amide bonds. The molecule has 2 aromatic carbocycles. The number of hydrogen-bond acceptors (Lipinski definition) is 9. The molecular formula is C22H20ClN5O5S. The van der Waals surface area contributed by atoms with Gasteiger partial charge in [-0.2, -0.15) is 4.98 Å². The van der Waals surface area contributed by atoms with Crippen LogP contribution in [-0.4, -0.2) is 42.0 Å². The zero-order valence-corrected chi connectivity index (χ0v) is 19.2. The van der Waals surface area contributed by atoms with Crippen molar-refractivity contribution < 1.29 is 14.9 Å². The number of ether oxygens (including phenoxy) is 1. The summed E-state index contributed by atoms with van der Waals surface area (Å²) in [7, 11) is 0. The first-order valence-electron chi connectivity index (χ1n) is 10.1. The molecule has 0 unspecified atom stereocenters. The monoisotopic (exact) mass is 501 g/mol. The zero-order valence-electron chi connectivity index (χ0n) is 17.7. The molecule has 0 aliphatic heterocycles. The number of nitrogens with zero attached hydrogens (tertiary/aromatic N) is 4. The van der Waals surface area contributed by atoms with E-state index in [4.69, 9.17) is 21.4 Å². The highest BCUT2D eigenvalue weighted by Gasteiger charge is 2.16. The highest BCUT2D eigenvalue weighted by Crippen LogP contribution is 2.25. The van der Waals surface area contributed by atoms with Gasteiger partial charge in [0.15, 0.2) is 0 Å². The van der Waals surface area contributed by atoms with E-state index in [2.05, 4.69) is 15.3 Å². The summed E-state index contributed by atoms with van der Waals surface area (Å²) in [6, 6.07) is 13.7. The second-order valence-electron chi connectivity index (χ2n) is 7.21. The van der Waals surface area contributed by atoms with Crippen LogP contribution >= 0.6 is 22.9 Å². The zero-order chi connectivity index (χ0) is 24.1.